The number of nitrogens with one attached hydrogen (secondary N) is 1. The van der Waals surface area contributed by atoms with Crippen LogP contribution in [0.3, 0.4) is 0 Å². The number of benzene rings is 1. The fraction of sp³-hybridized carbons (Fsp3) is 0.231. The number of carbonyl (C=O) groups is 1. The molecule has 0 fully saturated rings. The number of aromatic nitrogens is 2. The summed E-state index contributed by atoms with van der Waals surface area (Å²) < 4.78 is 1.54. The van der Waals surface area contributed by atoms with Gasteiger partial charge in [0, 0.05) is 12.7 Å². The Hall–Kier alpha value is -1.85. The van der Waals surface area contributed by atoms with E-state index in [1.54, 1.807) is 16.9 Å². The van der Waals surface area contributed by atoms with Crippen molar-refractivity contribution in [2.24, 2.45) is 5.73 Å². The molecule has 3 N–H and O–H groups in total. The van der Waals surface area contributed by atoms with E-state index < -0.39 is 5.91 Å². The molecule has 0 saturated carbocycles. The molecular formula is C13H15ClN4O. The molecule has 0 bridgehead atoms. The SMILES string of the molecule is CCNCc1ccc(-n2ccc(C(N)=O)n2)c(Cl)c1. The van der Waals surface area contributed by atoms with Gasteiger partial charge in [0.15, 0.2) is 0 Å². The number of rotatable bonds is 5. The van der Waals surface area contributed by atoms with E-state index in [1.165, 1.54) is 0 Å². The Bertz CT molecular complexity index is 594. The van der Waals surface area contributed by atoms with Crippen molar-refractivity contribution in [3.63, 3.8) is 0 Å². The van der Waals surface area contributed by atoms with Crippen LogP contribution in [0.5, 0.6) is 0 Å². The van der Waals surface area contributed by atoms with Crippen LogP contribution in [-0.2, 0) is 6.54 Å². The highest BCUT2D eigenvalue weighted by molar-refractivity contribution is 6.32. The molecule has 0 atom stereocenters. The fourth-order valence-electron chi connectivity index (χ4n) is 1.71. The van der Waals surface area contributed by atoms with Crippen LogP contribution in [0.15, 0.2) is 30.5 Å². The predicted molar refractivity (Wildman–Crippen MR) is 74.5 cm³/mol. The Labute approximate surface area is 116 Å². The van der Waals surface area contributed by atoms with E-state index in [1.807, 2.05) is 25.1 Å². The minimum atomic E-state index is -0.557. The van der Waals surface area contributed by atoms with Crippen molar-refractivity contribution < 1.29 is 4.79 Å². The van der Waals surface area contributed by atoms with Gasteiger partial charge in [-0.1, -0.05) is 24.6 Å². The first-order chi connectivity index (χ1) is 9.11. The number of nitrogens with zero attached hydrogens (tertiary/aromatic N) is 2. The standard InChI is InChI=1S/C13H15ClN4O/c1-2-16-8-9-3-4-12(10(14)7-9)18-6-5-11(17-18)13(15)19/h3-7,16H,2,8H2,1H3,(H2,15,19). The normalized spacial score (nSPS) is 10.6. The highest BCUT2D eigenvalue weighted by Crippen LogP contribution is 2.21. The van der Waals surface area contributed by atoms with Crippen molar-refractivity contribution in [1.29, 1.82) is 0 Å². The molecule has 1 aromatic heterocycles. The second-order valence-electron chi connectivity index (χ2n) is 4.08. The number of hydrogen-bond donors (Lipinski definition) is 2. The fourth-order valence-corrected chi connectivity index (χ4v) is 1.99. The van der Waals surface area contributed by atoms with Crippen molar-refractivity contribution in [3.8, 4) is 5.69 Å². The average molecular weight is 279 g/mol. The number of amides is 1. The van der Waals surface area contributed by atoms with E-state index in [9.17, 15) is 4.79 Å². The van der Waals surface area contributed by atoms with Gasteiger partial charge in [-0.05, 0) is 30.3 Å². The molecule has 1 amide bonds. The second-order valence-corrected chi connectivity index (χ2v) is 4.48. The van der Waals surface area contributed by atoms with Gasteiger partial charge in [0.2, 0.25) is 0 Å². The molecule has 100 valence electrons. The number of primary amides is 1. The third-order valence-corrected chi connectivity index (χ3v) is 2.98. The maximum Gasteiger partial charge on any atom is 0.269 e. The largest absolute Gasteiger partial charge is 0.364 e. The van der Waals surface area contributed by atoms with Gasteiger partial charge in [-0.15, -0.1) is 0 Å². The zero-order chi connectivity index (χ0) is 13.8. The highest BCUT2D eigenvalue weighted by Gasteiger charge is 2.09. The number of carbonyl (C=O) groups excluding carboxylic acids is 1. The zero-order valence-corrected chi connectivity index (χ0v) is 11.3. The first-order valence-electron chi connectivity index (χ1n) is 5.97. The molecule has 2 rings (SSSR count). The first-order valence-corrected chi connectivity index (χ1v) is 6.34. The summed E-state index contributed by atoms with van der Waals surface area (Å²) in [5, 5.41) is 7.88. The third-order valence-electron chi connectivity index (χ3n) is 2.68. The Morgan fingerprint density at radius 2 is 2.26 bits per heavy atom. The molecule has 1 aromatic carbocycles. The number of nitrogens with two attached hydrogens (primary N) is 1. The van der Waals surface area contributed by atoms with Crippen LogP contribution in [0.2, 0.25) is 5.02 Å². The molecule has 6 heteroatoms. The van der Waals surface area contributed by atoms with E-state index in [2.05, 4.69) is 10.4 Å². The van der Waals surface area contributed by atoms with Crippen LogP contribution in [-0.4, -0.2) is 22.2 Å². The molecule has 0 unspecified atom stereocenters. The first kappa shape index (κ1) is 13.6. The monoisotopic (exact) mass is 278 g/mol. The van der Waals surface area contributed by atoms with Crippen LogP contribution in [0.4, 0.5) is 0 Å². The van der Waals surface area contributed by atoms with Gasteiger partial charge in [-0.2, -0.15) is 5.10 Å². The molecule has 0 radical (unpaired) electrons. The number of halogens is 1. The maximum atomic E-state index is 11.0. The van der Waals surface area contributed by atoms with Crippen LogP contribution in [0, 0.1) is 0 Å². The zero-order valence-electron chi connectivity index (χ0n) is 10.6. The average Bonchev–Trinajstić information content (AvgIpc) is 2.86. The minimum absolute atomic E-state index is 0.216. The van der Waals surface area contributed by atoms with Gasteiger partial charge in [0.1, 0.15) is 5.69 Å². The molecule has 0 saturated heterocycles. The molecule has 0 spiro atoms. The molecular weight excluding hydrogens is 264 g/mol. The van der Waals surface area contributed by atoms with Crippen molar-refractivity contribution in [2.45, 2.75) is 13.5 Å². The Morgan fingerprint density at radius 1 is 1.47 bits per heavy atom. The predicted octanol–water partition coefficient (Wildman–Crippen LogP) is 1.73. The summed E-state index contributed by atoms with van der Waals surface area (Å²) >= 11 is 6.23. The summed E-state index contributed by atoms with van der Waals surface area (Å²) in [5.74, 6) is -0.557. The summed E-state index contributed by atoms with van der Waals surface area (Å²) in [6, 6.07) is 7.28. The number of hydrogen-bond acceptors (Lipinski definition) is 3. The lowest BCUT2D eigenvalue weighted by atomic mass is 10.2. The van der Waals surface area contributed by atoms with Gasteiger partial charge in [0.05, 0.1) is 10.7 Å². The van der Waals surface area contributed by atoms with E-state index in [-0.39, 0.29) is 5.69 Å². The van der Waals surface area contributed by atoms with Gasteiger partial charge >= 0.3 is 0 Å². The van der Waals surface area contributed by atoms with Crippen molar-refractivity contribution in [3.05, 3.63) is 46.7 Å². The van der Waals surface area contributed by atoms with Crippen LogP contribution in [0.25, 0.3) is 5.69 Å². The van der Waals surface area contributed by atoms with E-state index in [0.717, 1.165) is 24.3 Å². The molecule has 5 nitrogen and oxygen atoms in total. The summed E-state index contributed by atoms with van der Waals surface area (Å²) in [5.41, 5.74) is 7.19. The molecule has 0 aliphatic carbocycles. The molecule has 1 heterocycles. The topological polar surface area (TPSA) is 72.9 Å². The molecule has 0 aliphatic heterocycles. The molecule has 19 heavy (non-hydrogen) atoms. The Balaban J connectivity index is 2.26. The minimum Gasteiger partial charge on any atom is -0.364 e. The summed E-state index contributed by atoms with van der Waals surface area (Å²) in [6.45, 7) is 3.72. The van der Waals surface area contributed by atoms with E-state index in [0.29, 0.717) is 5.02 Å². The highest BCUT2D eigenvalue weighted by atomic mass is 35.5. The Morgan fingerprint density at radius 3 is 2.84 bits per heavy atom. The van der Waals surface area contributed by atoms with E-state index in [4.69, 9.17) is 17.3 Å². The Kier molecular flexibility index (Phi) is 4.19. The van der Waals surface area contributed by atoms with E-state index >= 15 is 0 Å². The van der Waals surface area contributed by atoms with Crippen LogP contribution in [0.1, 0.15) is 23.0 Å². The quantitative estimate of drug-likeness (QED) is 0.875. The van der Waals surface area contributed by atoms with Gasteiger partial charge in [-0.25, -0.2) is 4.68 Å². The second kappa shape index (κ2) is 5.86. The van der Waals surface area contributed by atoms with Crippen LogP contribution >= 0.6 is 11.6 Å². The summed E-state index contributed by atoms with van der Waals surface area (Å²) in [6.07, 6.45) is 1.66. The van der Waals surface area contributed by atoms with Gasteiger partial charge in [0.25, 0.3) is 5.91 Å². The lowest BCUT2D eigenvalue weighted by Crippen LogP contribution is -2.13. The van der Waals surface area contributed by atoms with Crippen LogP contribution < -0.4 is 11.1 Å². The molecule has 2 aromatic rings. The maximum absolute atomic E-state index is 11.0. The van der Waals surface area contributed by atoms with Gasteiger partial charge in [-0.3, -0.25) is 4.79 Å². The van der Waals surface area contributed by atoms with Crippen molar-refractivity contribution >= 4 is 17.5 Å². The van der Waals surface area contributed by atoms with Crippen molar-refractivity contribution in [1.82, 2.24) is 15.1 Å². The smallest absolute Gasteiger partial charge is 0.269 e. The summed E-state index contributed by atoms with van der Waals surface area (Å²) in [7, 11) is 0. The lowest BCUT2D eigenvalue weighted by molar-refractivity contribution is 0.0995. The summed E-state index contributed by atoms with van der Waals surface area (Å²) in [4.78, 5) is 11.0. The third kappa shape index (κ3) is 3.13. The van der Waals surface area contributed by atoms with Crippen molar-refractivity contribution in [2.75, 3.05) is 6.54 Å². The lowest BCUT2D eigenvalue weighted by Gasteiger charge is -2.07. The van der Waals surface area contributed by atoms with Gasteiger partial charge < -0.3 is 11.1 Å². The molecule has 0 aliphatic rings.